The van der Waals surface area contributed by atoms with Gasteiger partial charge < -0.3 is 5.32 Å². The molecule has 0 aliphatic carbocycles. The number of carbonyl (C=O) groups excluding carboxylic acids is 1. The van der Waals surface area contributed by atoms with E-state index in [1.54, 1.807) is 24.3 Å². The zero-order valence-electron chi connectivity index (χ0n) is 12.4. The summed E-state index contributed by atoms with van der Waals surface area (Å²) >= 11 is 6.21. The maximum absolute atomic E-state index is 12.8. The van der Waals surface area contributed by atoms with Gasteiger partial charge in [-0.2, -0.15) is 0 Å². The van der Waals surface area contributed by atoms with Gasteiger partial charge in [-0.05, 0) is 30.4 Å². The highest BCUT2D eigenvalue weighted by Crippen LogP contribution is 2.30. The number of nitrogens with one attached hydrogen (secondary N) is 2. The molecule has 1 saturated heterocycles. The van der Waals surface area contributed by atoms with Crippen molar-refractivity contribution in [3.8, 4) is 0 Å². The summed E-state index contributed by atoms with van der Waals surface area (Å²) in [5.74, 6) is -0.0418. The lowest BCUT2D eigenvalue weighted by atomic mass is 10.1. The van der Waals surface area contributed by atoms with Gasteiger partial charge in [0, 0.05) is 29.4 Å². The minimum absolute atomic E-state index is 0.0418. The van der Waals surface area contributed by atoms with E-state index in [1.165, 1.54) is 0 Å². The Morgan fingerprint density at radius 3 is 2.65 bits per heavy atom. The van der Waals surface area contributed by atoms with Crippen LogP contribution in [0.3, 0.4) is 0 Å². The van der Waals surface area contributed by atoms with Crippen molar-refractivity contribution in [2.75, 3.05) is 6.54 Å². The fourth-order valence-corrected chi connectivity index (χ4v) is 4.71. The van der Waals surface area contributed by atoms with Gasteiger partial charge in [-0.25, -0.2) is 13.1 Å². The normalized spacial score (nSPS) is 19.3. The van der Waals surface area contributed by atoms with Crippen molar-refractivity contribution in [1.82, 2.24) is 10.0 Å². The fourth-order valence-electron chi connectivity index (χ4n) is 2.81. The molecule has 1 unspecified atom stereocenters. The maximum atomic E-state index is 12.8. The molecule has 23 heavy (non-hydrogen) atoms. The van der Waals surface area contributed by atoms with Gasteiger partial charge in [-0.15, -0.1) is 0 Å². The van der Waals surface area contributed by atoms with E-state index < -0.39 is 10.0 Å². The first kappa shape index (κ1) is 16.2. The fraction of sp³-hybridized carbons (Fsp3) is 0.312. The second-order valence-corrected chi connectivity index (χ2v) is 7.68. The molecule has 5 nitrogen and oxygen atoms in total. The van der Waals surface area contributed by atoms with Gasteiger partial charge in [0.15, 0.2) is 0 Å². The second kappa shape index (κ2) is 6.47. The molecule has 2 aromatic rings. The molecular formula is C16H17ClN2O3S. The van der Waals surface area contributed by atoms with E-state index in [9.17, 15) is 13.2 Å². The lowest BCUT2D eigenvalue weighted by molar-refractivity contribution is -0.120. The smallest absolute Gasteiger partial charge is 0.241 e. The minimum Gasteiger partial charge on any atom is -0.356 e. The highest BCUT2D eigenvalue weighted by molar-refractivity contribution is 7.89. The summed E-state index contributed by atoms with van der Waals surface area (Å²) in [5.41, 5.74) is 0. The topological polar surface area (TPSA) is 75.3 Å². The SMILES string of the molecule is O=C1CCC(NS(=O)(=O)c2cccc3cccc(Cl)c23)CCN1. The first-order valence-corrected chi connectivity index (χ1v) is 9.30. The second-order valence-electron chi connectivity index (χ2n) is 5.59. The summed E-state index contributed by atoms with van der Waals surface area (Å²) < 4.78 is 28.3. The zero-order chi connectivity index (χ0) is 16.4. The monoisotopic (exact) mass is 352 g/mol. The van der Waals surface area contributed by atoms with Crippen LogP contribution >= 0.6 is 11.6 Å². The molecule has 1 aliphatic heterocycles. The molecule has 3 rings (SSSR count). The average Bonchev–Trinajstić information content (AvgIpc) is 2.71. The molecule has 1 heterocycles. The van der Waals surface area contributed by atoms with Crippen molar-refractivity contribution in [1.29, 1.82) is 0 Å². The Labute approximate surface area is 140 Å². The van der Waals surface area contributed by atoms with Gasteiger partial charge in [0.05, 0.1) is 4.90 Å². The predicted octanol–water partition coefficient (Wildman–Crippen LogP) is 2.44. The van der Waals surface area contributed by atoms with Crippen LogP contribution in [0.5, 0.6) is 0 Å². The summed E-state index contributed by atoms with van der Waals surface area (Å²) in [6.07, 6.45) is 1.39. The van der Waals surface area contributed by atoms with Gasteiger partial charge in [0.25, 0.3) is 0 Å². The minimum atomic E-state index is -3.72. The molecule has 0 saturated carbocycles. The molecule has 0 bridgehead atoms. The molecule has 0 radical (unpaired) electrons. The highest BCUT2D eigenvalue weighted by atomic mass is 35.5. The molecule has 122 valence electrons. The first-order valence-electron chi connectivity index (χ1n) is 7.44. The molecule has 7 heteroatoms. The summed E-state index contributed by atoms with van der Waals surface area (Å²) in [5, 5.41) is 4.44. The molecule has 2 N–H and O–H groups in total. The van der Waals surface area contributed by atoms with Crippen LogP contribution in [0.4, 0.5) is 0 Å². The lowest BCUT2D eigenvalue weighted by Gasteiger charge is -2.17. The van der Waals surface area contributed by atoms with Gasteiger partial charge in [0.1, 0.15) is 0 Å². The Morgan fingerprint density at radius 2 is 1.87 bits per heavy atom. The van der Waals surface area contributed by atoms with Crippen molar-refractivity contribution < 1.29 is 13.2 Å². The standard InChI is InChI=1S/C16H17ClN2O3S/c17-13-5-1-3-11-4-2-6-14(16(11)13)23(21,22)19-12-7-8-15(20)18-10-9-12/h1-6,12,19H,7-10H2,(H,18,20). The summed E-state index contributed by atoms with van der Waals surface area (Å²) in [6.45, 7) is 0.475. The summed E-state index contributed by atoms with van der Waals surface area (Å²) in [7, 11) is -3.72. The van der Waals surface area contributed by atoms with Crippen LogP contribution in [0.15, 0.2) is 41.3 Å². The first-order chi connectivity index (χ1) is 11.0. The van der Waals surface area contributed by atoms with Crippen LogP contribution in [-0.4, -0.2) is 26.9 Å². The van der Waals surface area contributed by atoms with Crippen molar-refractivity contribution in [3.05, 3.63) is 41.4 Å². The third-order valence-electron chi connectivity index (χ3n) is 3.96. The number of sulfonamides is 1. The van der Waals surface area contributed by atoms with Crippen LogP contribution in [0.1, 0.15) is 19.3 Å². The Morgan fingerprint density at radius 1 is 1.13 bits per heavy atom. The third-order valence-corrected chi connectivity index (χ3v) is 5.84. The lowest BCUT2D eigenvalue weighted by Crippen LogP contribution is -2.35. The average molecular weight is 353 g/mol. The van der Waals surface area contributed by atoms with Crippen molar-refractivity contribution in [2.24, 2.45) is 0 Å². The molecule has 1 aliphatic rings. The number of hydrogen-bond donors (Lipinski definition) is 2. The number of halogens is 1. The van der Waals surface area contributed by atoms with Crippen LogP contribution in [0.2, 0.25) is 5.02 Å². The van der Waals surface area contributed by atoms with Crippen LogP contribution in [-0.2, 0) is 14.8 Å². The Balaban J connectivity index is 1.95. The Bertz CT molecular complexity index is 846. The molecule has 1 atom stereocenters. The molecule has 2 aromatic carbocycles. The van der Waals surface area contributed by atoms with E-state index in [4.69, 9.17) is 11.6 Å². The zero-order valence-corrected chi connectivity index (χ0v) is 14.0. The number of carbonyl (C=O) groups is 1. The number of fused-ring (bicyclic) bond motifs is 1. The van der Waals surface area contributed by atoms with E-state index in [0.29, 0.717) is 36.2 Å². The summed E-state index contributed by atoms with van der Waals surface area (Å²) in [6, 6.07) is 10.1. The molecular weight excluding hydrogens is 336 g/mol. The van der Waals surface area contributed by atoms with Crippen LogP contribution < -0.4 is 10.0 Å². The predicted molar refractivity (Wildman–Crippen MR) is 89.9 cm³/mol. The van der Waals surface area contributed by atoms with Crippen LogP contribution in [0.25, 0.3) is 10.8 Å². The van der Waals surface area contributed by atoms with Crippen molar-refractivity contribution >= 4 is 38.3 Å². The van der Waals surface area contributed by atoms with E-state index in [-0.39, 0.29) is 16.8 Å². The molecule has 0 spiro atoms. The van der Waals surface area contributed by atoms with Crippen molar-refractivity contribution in [3.63, 3.8) is 0 Å². The number of hydrogen-bond acceptors (Lipinski definition) is 3. The van der Waals surface area contributed by atoms with E-state index >= 15 is 0 Å². The van der Waals surface area contributed by atoms with Crippen molar-refractivity contribution in [2.45, 2.75) is 30.2 Å². The van der Waals surface area contributed by atoms with E-state index in [2.05, 4.69) is 10.0 Å². The number of benzene rings is 2. The molecule has 1 amide bonds. The number of amides is 1. The quantitative estimate of drug-likeness (QED) is 0.890. The van der Waals surface area contributed by atoms with Gasteiger partial charge in [-0.1, -0.05) is 35.9 Å². The number of rotatable bonds is 3. The van der Waals surface area contributed by atoms with Crippen LogP contribution in [0, 0.1) is 0 Å². The Kier molecular flexibility index (Phi) is 4.57. The highest BCUT2D eigenvalue weighted by Gasteiger charge is 2.24. The van der Waals surface area contributed by atoms with E-state index in [1.807, 2.05) is 12.1 Å². The van der Waals surface area contributed by atoms with E-state index in [0.717, 1.165) is 5.39 Å². The summed E-state index contributed by atoms with van der Waals surface area (Å²) in [4.78, 5) is 11.5. The Hall–Kier alpha value is -1.63. The third kappa shape index (κ3) is 3.49. The molecule has 0 aromatic heterocycles. The molecule has 1 fully saturated rings. The van der Waals surface area contributed by atoms with Gasteiger partial charge >= 0.3 is 0 Å². The van der Waals surface area contributed by atoms with Gasteiger partial charge in [-0.3, -0.25) is 4.79 Å². The van der Waals surface area contributed by atoms with Gasteiger partial charge in [0.2, 0.25) is 15.9 Å². The largest absolute Gasteiger partial charge is 0.356 e. The maximum Gasteiger partial charge on any atom is 0.241 e.